The molecule has 1 atom stereocenters. The second kappa shape index (κ2) is 11.7. The summed E-state index contributed by atoms with van der Waals surface area (Å²) in [6.07, 6.45) is 2.76. The van der Waals surface area contributed by atoms with Gasteiger partial charge in [0.15, 0.2) is 0 Å². The van der Waals surface area contributed by atoms with Crippen molar-refractivity contribution in [3.05, 3.63) is 92.5 Å². The number of aryl methyl sites for hydroxylation is 1. The highest BCUT2D eigenvalue weighted by Crippen LogP contribution is 2.19. The highest BCUT2D eigenvalue weighted by molar-refractivity contribution is 7.07. The van der Waals surface area contributed by atoms with Crippen molar-refractivity contribution in [3.63, 3.8) is 0 Å². The lowest BCUT2D eigenvalue weighted by atomic mass is 10.1. The van der Waals surface area contributed by atoms with E-state index in [9.17, 15) is 9.59 Å². The molecule has 7 nitrogen and oxygen atoms in total. The molecule has 37 heavy (non-hydrogen) atoms. The molecule has 0 spiro atoms. The largest absolute Gasteiger partial charge is 0.493 e. The molecule has 0 saturated carbocycles. The molecule has 0 bridgehead atoms. The van der Waals surface area contributed by atoms with Crippen molar-refractivity contribution >= 4 is 28.0 Å². The van der Waals surface area contributed by atoms with E-state index in [-0.39, 0.29) is 24.1 Å². The fourth-order valence-electron chi connectivity index (χ4n) is 4.70. The minimum atomic E-state index is -0.257. The van der Waals surface area contributed by atoms with Gasteiger partial charge in [-0.3, -0.25) is 9.59 Å². The Morgan fingerprint density at radius 3 is 2.81 bits per heavy atom. The lowest BCUT2D eigenvalue weighted by molar-refractivity contribution is -0.134. The molecule has 5 rings (SSSR count). The first-order chi connectivity index (χ1) is 18.1. The monoisotopic (exact) mass is 517 g/mol. The number of hydrogen-bond donors (Lipinski definition) is 0. The highest BCUT2D eigenvalue weighted by Gasteiger charge is 2.24. The Labute approximate surface area is 220 Å². The number of amides is 1. The number of carbonyl (C=O) groups excluding carboxylic acids is 1. The molecular formula is C29H31N3O4S. The molecule has 0 aliphatic carbocycles. The molecule has 1 amide bonds. The van der Waals surface area contributed by atoms with Gasteiger partial charge in [0.1, 0.15) is 12.3 Å². The number of nitrogens with zero attached hydrogens (tertiary/aromatic N) is 3. The number of carbonyl (C=O) groups is 1. The van der Waals surface area contributed by atoms with E-state index >= 15 is 0 Å². The molecule has 192 valence electrons. The lowest BCUT2D eigenvalue weighted by Crippen LogP contribution is -2.41. The van der Waals surface area contributed by atoms with Gasteiger partial charge in [-0.2, -0.15) is 16.4 Å². The van der Waals surface area contributed by atoms with Crippen LogP contribution < -0.4 is 10.3 Å². The van der Waals surface area contributed by atoms with Gasteiger partial charge >= 0.3 is 0 Å². The van der Waals surface area contributed by atoms with Crippen LogP contribution in [0.3, 0.4) is 0 Å². The Balaban J connectivity index is 1.31. The van der Waals surface area contributed by atoms with E-state index in [4.69, 9.17) is 9.47 Å². The van der Waals surface area contributed by atoms with Crippen molar-refractivity contribution < 1.29 is 14.3 Å². The second-order valence-corrected chi connectivity index (χ2v) is 10.2. The van der Waals surface area contributed by atoms with Crippen molar-refractivity contribution in [2.75, 3.05) is 19.8 Å². The van der Waals surface area contributed by atoms with Gasteiger partial charge in [-0.05, 0) is 65.9 Å². The van der Waals surface area contributed by atoms with E-state index < -0.39 is 0 Å². The van der Waals surface area contributed by atoms with Crippen molar-refractivity contribution in [3.8, 4) is 5.75 Å². The van der Waals surface area contributed by atoms with Gasteiger partial charge < -0.3 is 14.4 Å². The van der Waals surface area contributed by atoms with Crippen LogP contribution in [0.4, 0.5) is 0 Å². The molecule has 8 heteroatoms. The standard InChI is InChI=1S/C29H31N3O4S/c1-21-26-9-2-3-10-27(26)29(34)32(30-21)19-28(33)31(18-25-8-5-13-35-25)17-23-6-4-7-24(16-23)36-14-11-22-12-15-37-20-22/h2-4,6-7,9-10,12,15-16,20,25H,5,8,11,13-14,17-19H2,1H3/t25-/m0/s1. The molecule has 2 aromatic heterocycles. The van der Waals surface area contributed by atoms with Crippen molar-refractivity contribution in [2.45, 2.75) is 45.4 Å². The minimum absolute atomic E-state index is 0.00276. The summed E-state index contributed by atoms with van der Waals surface area (Å²) in [5.74, 6) is 0.615. The van der Waals surface area contributed by atoms with Gasteiger partial charge in [-0.1, -0.05) is 30.3 Å². The predicted molar refractivity (Wildman–Crippen MR) is 145 cm³/mol. The Morgan fingerprint density at radius 1 is 1.16 bits per heavy atom. The van der Waals surface area contributed by atoms with Crippen LogP contribution >= 0.6 is 11.3 Å². The Kier molecular flexibility index (Phi) is 7.96. The molecule has 0 unspecified atom stereocenters. The zero-order chi connectivity index (χ0) is 25.6. The highest BCUT2D eigenvalue weighted by atomic mass is 32.1. The van der Waals surface area contributed by atoms with Crippen molar-refractivity contribution in [1.29, 1.82) is 0 Å². The maximum absolute atomic E-state index is 13.5. The number of hydrogen-bond acceptors (Lipinski definition) is 6. The summed E-state index contributed by atoms with van der Waals surface area (Å²) in [5, 5.41) is 10.0. The van der Waals surface area contributed by atoms with Crippen LogP contribution in [-0.2, 0) is 29.0 Å². The summed E-state index contributed by atoms with van der Waals surface area (Å²) in [6, 6.07) is 17.3. The number of aromatic nitrogens is 2. The quantitative estimate of drug-likeness (QED) is 0.308. The summed E-state index contributed by atoms with van der Waals surface area (Å²) in [5.41, 5.74) is 2.70. The number of rotatable bonds is 10. The number of thiophene rings is 1. The van der Waals surface area contributed by atoms with Gasteiger partial charge in [0.2, 0.25) is 5.91 Å². The molecule has 3 heterocycles. The van der Waals surface area contributed by atoms with E-state index in [1.54, 1.807) is 22.3 Å². The molecular weight excluding hydrogens is 486 g/mol. The number of fused-ring (bicyclic) bond motifs is 1. The molecule has 1 aliphatic rings. The second-order valence-electron chi connectivity index (χ2n) is 9.38. The van der Waals surface area contributed by atoms with Crippen LogP contribution in [0.2, 0.25) is 0 Å². The van der Waals surface area contributed by atoms with Gasteiger partial charge in [0, 0.05) is 31.5 Å². The summed E-state index contributed by atoms with van der Waals surface area (Å²) in [7, 11) is 0. The van der Waals surface area contributed by atoms with Crippen LogP contribution in [0.25, 0.3) is 10.8 Å². The van der Waals surface area contributed by atoms with Crippen LogP contribution in [0.15, 0.2) is 70.2 Å². The molecule has 1 aliphatic heterocycles. The van der Waals surface area contributed by atoms with Crippen molar-refractivity contribution in [2.24, 2.45) is 0 Å². The van der Waals surface area contributed by atoms with E-state index in [1.807, 2.05) is 49.4 Å². The Hall–Kier alpha value is -3.49. The van der Waals surface area contributed by atoms with E-state index in [0.29, 0.717) is 31.7 Å². The molecule has 0 N–H and O–H groups in total. The third-order valence-corrected chi connectivity index (χ3v) is 7.38. The van der Waals surface area contributed by atoms with Crippen LogP contribution in [0.5, 0.6) is 5.75 Å². The van der Waals surface area contributed by atoms with Crippen molar-refractivity contribution in [1.82, 2.24) is 14.7 Å². The summed E-state index contributed by atoms with van der Waals surface area (Å²) >= 11 is 1.68. The Bertz CT molecular complexity index is 1410. The maximum Gasteiger partial charge on any atom is 0.275 e. The third kappa shape index (κ3) is 6.26. The normalized spacial score (nSPS) is 15.2. The minimum Gasteiger partial charge on any atom is -0.493 e. The average Bonchev–Trinajstić information content (AvgIpc) is 3.62. The molecule has 0 radical (unpaired) electrons. The van der Waals surface area contributed by atoms with E-state index in [1.165, 1.54) is 10.2 Å². The zero-order valence-electron chi connectivity index (χ0n) is 21.0. The maximum atomic E-state index is 13.5. The SMILES string of the molecule is Cc1nn(CC(=O)N(Cc2cccc(OCCc3ccsc3)c2)C[C@@H]2CCCO2)c(=O)c2ccccc12. The van der Waals surface area contributed by atoms with Gasteiger partial charge in [0.05, 0.1) is 23.8 Å². The average molecular weight is 518 g/mol. The smallest absolute Gasteiger partial charge is 0.275 e. The molecule has 1 saturated heterocycles. The summed E-state index contributed by atoms with van der Waals surface area (Å²) in [4.78, 5) is 28.4. The van der Waals surface area contributed by atoms with Gasteiger partial charge in [-0.25, -0.2) is 4.68 Å². The molecule has 2 aromatic carbocycles. The van der Waals surface area contributed by atoms with Crippen LogP contribution in [0, 0.1) is 6.92 Å². The first-order valence-electron chi connectivity index (χ1n) is 12.7. The molecule has 1 fully saturated rings. The predicted octanol–water partition coefficient (Wildman–Crippen LogP) is 4.60. The first kappa shape index (κ1) is 25.2. The summed E-state index contributed by atoms with van der Waals surface area (Å²) in [6.45, 7) is 3.93. The van der Waals surface area contributed by atoms with E-state index in [2.05, 4.69) is 21.9 Å². The van der Waals surface area contributed by atoms with Crippen LogP contribution in [0.1, 0.15) is 29.7 Å². The summed E-state index contributed by atoms with van der Waals surface area (Å²) < 4.78 is 13.1. The van der Waals surface area contributed by atoms with E-state index in [0.717, 1.165) is 41.7 Å². The fourth-order valence-corrected chi connectivity index (χ4v) is 5.41. The number of benzene rings is 2. The molecule has 4 aromatic rings. The first-order valence-corrected chi connectivity index (χ1v) is 13.6. The Morgan fingerprint density at radius 2 is 2.03 bits per heavy atom. The van der Waals surface area contributed by atoms with Gasteiger partial charge in [0.25, 0.3) is 5.56 Å². The lowest BCUT2D eigenvalue weighted by Gasteiger charge is -2.26. The van der Waals surface area contributed by atoms with Gasteiger partial charge in [-0.15, -0.1) is 0 Å². The number of ether oxygens (including phenoxy) is 2. The van der Waals surface area contributed by atoms with Crippen LogP contribution in [-0.4, -0.2) is 46.5 Å². The third-order valence-electron chi connectivity index (χ3n) is 6.65. The topological polar surface area (TPSA) is 73.7 Å². The zero-order valence-corrected chi connectivity index (χ0v) is 21.8. The fraction of sp³-hybridized carbons (Fsp3) is 0.345.